The van der Waals surface area contributed by atoms with Crippen molar-refractivity contribution < 1.29 is 31.1 Å². The van der Waals surface area contributed by atoms with E-state index < -0.39 is 35.9 Å². The second-order valence-corrected chi connectivity index (χ2v) is 6.05. The molecule has 0 unspecified atom stereocenters. The average molecular weight is 413 g/mol. The van der Waals surface area contributed by atoms with Crippen molar-refractivity contribution in [2.24, 2.45) is 0 Å². The number of hydrogen-bond acceptors (Lipinski definition) is 2. The predicted octanol–water partition coefficient (Wildman–Crippen LogP) is 4.84. The number of imidazole rings is 1. The minimum atomic E-state index is -4.95. The van der Waals surface area contributed by atoms with E-state index >= 15 is 0 Å². The summed E-state index contributed by atoms with van der Waals surface area (Å²) in [6.07, 6.45) is -7.04. The second-order valence-electron chi connectivity index (χ2n) is 6.05. The van der Waals surface area contributed by atoms with E-state index in [9.17, 15) is 31.1 Å². The lowest BCUT2D eigenvalue weighted by Crippen LogP contribution is -2.26. The van der Waals surface area contributed by atoms with Crippen LogP contribution in [0.2, 0.25) is 0 Å². The summed E-state index contributed by atoms with van der Waals surface area (Å²) in [4.78, 5) is 16.3. The molecule has 0 spiro atoms. The summed E-state index contributed by atoms with van der Waals surface area (Å²) < 4.78 is 79.0. The lowest BCUT2D eigenvalue weighted by atomic mass is 10.0. The highest BCUT2D eigenvalue weighted by Crippen LogP contribution is 2.36. The zero-order valence-electron chi connectivity index (χ0n) is 14.6. The summed E-state index contributed by atoms with van der Waals surface area (Å²) in [6, 6.07) is 9.83. The quantitative estimate of drug-likeness (QED) is 0.623. The Hall–Kier alpha value is -3.30. The summed E-state index contributed by atoms with van der Waals surface area (Å²) in [5.74, 6) is -0.802. The molecular weight excluding hydrogens is 400 g/mol. The molecule has 0 atom stereocenters. The van der Waals surface area contributed by atoms with Gasteiger partial charge < -0.3 is 5.32 Å². The van der Waals surface area contributed by atoms with Crippen LogP contribution in [0.25, 0.3) is 5.69 Å². The Morgan fingerprint density at radius 2 is 1.52 bits per heavy atom. The van der Waals surface area contributed by atoms with Crippen molar-refractivity contribution in [3.63, 3.8) is 0 Å². The van der Waals surface area contributed by atoms with Crippen LogP contribution < -0.4 is 5.32 Å². The molecule has 0 aliphatic carbocycles. The fourth-order valence-corrected chi connectivity index (χ4v) is 2.65. The largest absolute Gasteiger partial charge is 0.416 e. The molecule has 0 saturated carbocycles. The first-order valence-corrected chi connectivity index (χ1v) is 8.21. The van der Waals surface area contributed by atoms with Gasteiger partial charge in [-0.2, -0.15) is 26.3 Å². The summed E-state index contributed by atoms with van der Waals surface area (Å²) in [6.45, 7) is -0.534. The molecule has 0 radical (unpaired) electrons. The Morgan fingerprint density at radius 1 is 0.931 bits per heavy atom. The average Bonchev–Trinajstić information content (AvgIpc) is 3.15. The minimum Gasteiger partial charge on any atom is -0.345 e. The summed E-state index contributed by atoms with van der Waals surface area (Å²) in [5.41, 5.74) is -2.60. The fourth-order valence-electron chi connectivity index (χ4n) is 2.65. The smallest absolute Gasteiger partial charge is 0.345 e. The van der Waals surface area contributed by atoms with Gasteiger partial charge in [-0.05, 0) is 35.9 Å². The van der Waals surface area contributed by atoms with Crippen molar-refractivity contribution in [1.29, 1.82) is 0 Å². The Balaban J connectivity index is 1.84. The maximum atomic E-state index is 12.9. The lowest BCUT2D eigenvalue weighted by Gasteiger charge is -2.14. The van der Waals surface area contributed by atoms with Gasteiger partial charge in [-0.3, -0.25) is 9.36 Å². The number of aromatic nitrogens is 2. The number of halogens is 6. The molecule has 4 nitrogen and oxygen atoms in total. The van der Waals surface area contributed by atoms with Gasteiger partial charge in [-0.25, -0.2) is 4.98 Å². The van der Waals surface area contributed by atoms with Gasteiger partial charge in [-0.15, -0.1) is 0 Å². The van der Waals surface area contributed by atoms with Crippen LogP contribution in [0.15, 0.2) is 60.9 Å². The lowest BCUT2D eigenvalue weighted by molar-refractivity contribution is -0.143. The van der Waals surface area contributed by atoms with Crippen LogP contribution in [-0.2, 0) is 18.9 Å². The number of para-hydroxylation sites is 1. The number of amides is 1. The van der Waals surface area contributed by atoms with E-state index in [1.165, 1.54) is 17.0 Å². The van der Waals surface area contributed by atoms with E-state index in [0.717, 1.165) is 0 Å². The molecule has 0 aliphatic heterocycles. The Morgan fingerprint density at radius 3 is 2.07 bits per heavy atom. The second kappa shape index (κ2) is 7.61. The van der Waals surface area contributed by atoms with Crippen molar-refractivity contribution in [2.75, 3.05) is 0 Å². The zero-order valence-corrected chi connectivity index (χ0v) is 14.6. The van der Waals surface area contributed by atoms with Crippen LogP contribution in [0, 0.1) is 0 Å². The van der Waals surface area contributed by atoms with Crippen LogP contribution >= 0.6 is 0 Å². The van der Waals surface area contributed by atoms with Crippen LogP contribution in [0.5, 0.6) is 0 Å². The van der Waals surface area contributed by atoms with Crippen LogP contribution in [0.3, 0.4) is 0 Å². The van der Waals surface area contributed by atoms with Crippen molar-refractivity contribution in [3.05, 3.63) is 83.4 Å². The number of nitrogens with zero attached hydrogens (tertiary/aromatic N) is 2. The number of alkyl halides is 6. The highest BCUT2D eigenvalue weighted by Gasteiger charge is 2.36. The summed E-state index contributed by atoms with van der Waals surface area (Å²) in [7, 11) is 0. The van der Waals surface area contributed by atoms with Gasteiger partial charge in [0.15, 0.2) is 0 Å². The van der Waals surface area contributed by atoms with Crippen molar-refractivity contribution in [2.45, 2.75) is 18.9 Å². The minimum absolute atomic E-state index is 0.0352. The van der Waals surface area contributed by atoms with E-state index in [0.29, 0.717) is 17.8 Å². The zero-order chi connectivity index (χ0) is 21.2. The molecule has 1 N–H and O–H groups in total. The maximum absolute atomic E-state index is 12.9. The topological polar surface area (TPSA) is 46.9 Å². The fraction of sp³-hybridized carbons (Fsp3) is 0.158. The monoisotopic (exact) mass is 413 g/mol. The van der Waals surface area contributed by atoms with E-state index in [1.54, 1.807) is 30.3 Å². The molecule has 2 aromatic carbocycles. The number of carbonyl (C=O) groups excluding carboxylic acids is 1. The number of benzene rings is 2. The molecule has 0 fully saturated rings. The molecule has 1 amide bonds. The summed E-state index contributed by atoms with van der Waals surface area (Å²) in [5, 5.41) is 2.31. The third-order valence-electron chi connectivity index (χ3n) is 3.98. The molecule has 1 heterocycles. The number of carbonyl (C=O) groups is 1. The number of nitrogens with one attached hydrogen (secondary N) is 1. The van der Waals surface area contributed by atoms with Crippen LogP contribution in [-0.4, -0.2) is 15.5 Å². The number of hydrogen-bond donors (Lipinski definition) is 1. The standard InChI is InChI=1S/C19H13F6N3O/c20-18(21,22)13-8-12(9-14(10-13)19(23,24)25)11-27-17(29)16-26-6-7-28(16)15-4-2-1-3-5-15/h1-10H,11H2,(H,27,29). The van der Waals surface area contributed by atoms with Gasteiger partial charge in [0.1, 0.15) is 0 Å². The van der Waals surface area contributed by atoms with E-state index in [-0.39, 0.29) is 17.5 Å². The van der Waals surface area contributed by atoms with Gasteiger partial charge in [-0.1, -0.05) is 18.2 Å². The van der Waals surface area contributed by atoms with Crippen molar-refractivity contribution in [1.82, 2.24) is 14.9 Å². The van der Waals surface area contributed by atoms with Gasteiger partial charge in [0, 0.05) is 24.6 Å². The molecule has 0 bridgehead atoms. The molecule has 3 aromatic rings. The molecule has 3 rings (SSSR count). The van der Waals surface area contributed by atoms with Gasteiger partial charge in [0.05, 0.1) is 11.1 Å². The van der Waals surface area contributed by atoms with E-state index in [4.69, 9.17) is 0 Å². The van der Waals surface area contributed by atoms with Crippen LogP contribution in [0.4, 0.5) is 26.3 Å². The Bertz CT molecular complexity index is 977. The molecule has 10 heteroatoms. The molecule has 0 saturated heterocycles. The highest BCUT2D eigenvalue weighted by molar-refractivity contribution is 5.91. The Kier molecular flexibility index (Phi) is 5.36. The van der Waals surface area contributed by atoms with Crippen molar-refractivity contribution in [3.8, 4) is 5.69 Å². The van der Waals surface area contributed by atoms with E-state index in [2.05, 4.69) is 10.3 Å². The van der Waals surface area contributed by atoms with Crippen molar-refractivity contribution >= 4 is 5.91 Å². The first-order chi connectivity index (χ1) is 13.6. The van der Waals surface area contributed by atoms with Crippen LogP contribution in [0.1, 0.15) is 27.3 Å². The number of rotatable bonds is 4. The van der Waals surface area contributed by atoms with Gasteiger partial charge in [0.25, 0.3) is 5.91 Å². The highest BCUT2D eigenvalue weighted by atomic mass is 19.4. The Labute approximate surface area is 160 Å². The molecule has 0 aliphatic rings. The summed E-state index contributed by atoms with van der Waals surface area (Å²) >= 11 is 0. The SMILES string of the molecule is O=C(NCc1cc(C(F)(F)F)cc(C(F)(F)F)c1)c1nccn1-c1ccccc1. The van der Waals surface area contributed by atoms with E-state index in [1.807, 2.05) is 0 Å². The maximum Gasteiger partial charge on any atom is 0.416 e. The van der Waals surface area contributed by atoms with Gasteiger partial charge in [0.2, 0.25) is 5.82 Å². The predicted molar refractivity (Wildman–Crippen MR) is 91.2 cm³/mol. The molecule has 1 aromatic heterocycles. The first-order valence-electron chi connectivity index (χ1n) is 8.21. The normalized spacial score (nSPS) is 12.1. The van der Waals surface area contributed by atoms with Gasteiger partial charge >= 0.3 is 12.4 Å². The molecule has 29 heavy (non-hydrogen) atoms. The molecular formula is C19H13F6N3O. The molecule has 152 valence electrons. The third-order valence-corrected chi connectivity index (χ3v) is 3.98. The third kappa shape index (κ3) is 4.76. The first kappa shape index (κ1) is 20.4.